The van der Waals surface area contributed by atoms with E-state index in [1.165, 1.54) is 6.07 Å². The number of nitrogens with zero attached hydrogens (tertiary/aromatic N) is 3. The Hall–Kier alpha value is -1.89. The molecule has 0 amide bonds. The van der Waals surface area contributed by atoms with E-state index in [2.05, 4.69) is 10.3 Å². The lowest BCUT2D eigenvalue weighted by atomic mass is 10.3. The summed E-state index contributed by atoms with van der Waals surface area (Å²) in [5.41, 5.74) is 0.0506. The highest BCUT2D eigenvalue weighted by Gasteiger charge is 2.34. The van der Waals surface area contributed by atoms with E-state index in [1.807, 2.05) is 11.8 Å². The quantitative estimate of drug-likeness (QED) is 0.579. The highest BCUT2D eigenvalue weighted by molar-refractivity contribution is 5.62. The molecule has 0 unspecified atom stereocenters. The molecular formula is C13H20N4O3. The predicted molar refractivity (Wildman–Crippen MR) is 77.3 cm³/mol. The zero-order valence-electron chi connectivity index (χ0n) is 11.8. The van der Waals surface area contributed by atoms with E-state index >= 15 is 0 Å². The van der Waals surface area contributed by atoms with E-state index < -0.39 is 0 Å². The van der Waals surface area contributed by atoms with Crippen molar-refractivity contribution in [2.24, 2.45) is 0 Å². The summed E-state index contributed by atoms with van der Waals surface area (Å²) in [6.45, 7) is 3.84. The van der Waals surface area contributed by atoms with Crippen LogP contribution in [0.1, 0.15) is 19.8 Å². The van der Waals surface area contributed by atoms with Gasteiger partial charge in [-0.25, -0.2) is 4.98 Å². The van der Waals surface area contributed by atoms with Gasteiger partial charge >= 0.3 is 5.69 Å². The standard InChI is InChI=1S/C13H20N4O3/c1-3-14-12-7-6-11(17(18)19)13(15-12)16(8-9-20-2)10-4-5-10/h6-7,10H,3-5,8-9H2,1-2H3,(H,14,15). The van der Waals surface area contributed by atoms with Crippen molar-refractivity contribution in [1.82, 2.24) is 4.98 Å². The largest absolute Gasteiger partial charge is 0.383 e. The maximum Gasteiger partial charge on any atom is 0.311 e. The minimum absolute atomic E-state index is 0.0506. The number of ether oxygens (including phenoxy) is 1. The average molecular weight is 280 g/mol. The van der Waals surface area contributed by atoms with E-state index in [0.717, 1.165) is 19.4 Å². The number of hydrogen-bond acceptors (Lipinski definition) is 6. The maximum absolute atomic E-state index is 11.2. The molecule has 1 aromatic heterocycles. The van der Waals surface area contributed by atoms with Crippen LogP contribution in [-0.4, -0.2) is 42.8 Å². The number of pyridine rings is 1. The van der Waals surface area contributed by atoms with Crippen LogP contribution in [0, 0.1) is 10.1 Å². The molecule has 7 heteroatoms. The van der Waals surface area contributed by atoms with Crippen LogP contribution >= 0.6 is 0 Å². The Balaban J connectivity index is 2.32. The van der Waals surface area contributed by atoms with Gasteiger partial charge in [0.15, 0.2) is 0 Å². The monoisotopic (exact) mass is 280 g/mol. The Morgan fingerprint density at radius 1 is 1.55 bits per heavy atom. The summed E-state index contributed by atoms with van der Waals surface area (Å²) < 4.78 is 5.09. The molecular weight excluding hydrogens is 260 g/mol. The first-order chi connectivity index (χ1) is 9.67. The lowest BCUT2D eigenvalue weighted by molar-refractivity contribution is -0.384. The van der Waals surface area contributed by atoms with Gasteiger partial charge in [0.05, 0.1) is 11.5 Å². The molecule has 1 heterocycles. The van der Waals surface area contributed by atoms with Crippen LogP contribution in [0.25, 0.3) is 0 Å². The highest BCUT2D eigenvalue weighted by atomic mass is 16.6. The summed E-state index contributed by atoms with van der Waals surface area (Å²) in [4.78, 5) is 17.2. The fraction of sp³-hybridized carbons (Fsp3) is 0.615. The molecule has 7 nitrogen and oxygen atoms in total. The van der Waals surface area contributed by atoms with Crippen molar-refractivity contribution in [2.75, 3.05) is 37.0 Å². The van der Waals surface area contributed by atoms with E-state index in [0.29, 0.717) is 30.8 Å². The molecule has 0 spiro atoms. The first kappa shape index (κ1) is 14.5. The van der Waals surface area contributed by atoms with Crippen molar-refractivity contribution in [2.45, 2.75) is 25.8 Å². The summed E-state index contributed by atoms with van der Waals surface area (Å²) in [6.07, 6.45) is 2.10. The predicted octanol–water partition coefficient (Wildman–Crippen LogP) is 2.04. The topological polar surface area (TPSA) is 80.5 Å². The summed E-state index contributed by atoms with van der Waals surface area (Å²) in [5, 5.41) is 14.3. The zero-order chi connectivity index (χ0) is 14.5. The molecule has 20 heavy (non-hydrogen) atoms. The molecule has 1 aliphatic rings. The van der Waals surface area contributed by atoms with Gasteiger partial charge in [0.25, 0.3) is 0 Å². The fourth-order valence-corrected chi connectivity index (χ4v) is 2.11. The number of aromatic nitrogens is 1. The van der Waals surface area contributed by atoms with Gasteiger partial charge in [-0.2, -0.15) is 0 Å². The molecule has 1 saturated carbocycles. The van der Waals surface area contributed by atoms with Gasteiger partial charge in [0, 0.05) is 32.3 Å². The number of nitrogens with one attached hydrogen (secondary N) is 1. The maximum atomic E-state index is 11.2. The first-order valence-corrected chi connectivity index (χ1v) is 6.82. The number of nitro groups is 1. The van der Waals surface area contributed by atoms with Crippen LogP contribution in [-0.2, 0) is 4.74 Å². The Morgan fingerprint density at radius 3 is 2.85 bits per heavy atom. The molecule has 1 N–H and O–H groups in total. The van der Waals surface area contributed by atoms with Crippen LogP contribution in [0.5, 0.6) is 0 Å². The van der Waals surface area contributed by atoms with E-state index in [1.54, 1.807) is 13.2 Å². The Kier molecular flexibility index (Phi) is 4.73. The molecule has 0 aromatic carbocycles. The summed E-state index contributed by atoms with van der Waals surface area (Å²) in [7, 11) is 1.63. The second kappa shape index (κ2) is 6.51. The molecule has 1 aliphatic carbocycles. The third-order valence-electron chi connectivity index (χ3n) is 3.21. The molecule has 1 fully saturated rings. The van der Waals surface area contributed by atoms with Gasteiger partial charge in [-0.1, -0.05) is 0 Å². The van der Waals surface area contributed by atoms with Crippen LogP contribution in [0.3, 0.4) is 0 Å². The van der Waals surface area contributed by atoms with Crippen molar-refractivity contribution < 1.29 is 9.66 Å². The van der Waals surface area contributed by atoms with Crippen LogP contribution in [0.15, 0.2) is 12.1 Å². The molecule has 0 aliphatic heterocycles. The van der Waals surface area contributed by atoms with Gasteiger partial charge in [-0.3, -0.25) is 10.1 Å². The molecule has 0 atom stereocenters. The van der Waals surface area contributed by atoms with Crippen molar-refractivity contribution in [3.63, 3.8) is 0 Å². The lowest BCUT2D eigenvalue weighted by Gasteiger charge is -2.23. The average Bonchev–Trinajstić information content (AvgIpc) is 3.24. The van der Waals surface area contributed by atoms with E-state index in [-0.39, 0.29) is 10.6 Å². The minimum Gasteiger partial charge on any atom is -0.383 e. The molecule has 0 bridgehead atoms. The van der Waals surface area contributed by atoms with Gasteiger partial charge < -0.3 is 15.0 Å². The molecule has 0 radical (unpaired) electrons. The summed E-state index contributed by atoms with van der Waals surface area (Å²) in [5.74, 6) is 1.10. The number of hydrogen-bond donors (Lipinski definition) is 1. The normalized spacial score (nSPS) is 14.1. The third kappa shape index (κ3) is 3.36. The summed E-state index contributed by atoms with van der Waals surface area (Å²) >= 11 is 0. The van der Waals surface area contributed by atoms with E-state index in [9.17, 15) is 10.1 Å². The van der Waals surface area contributed by atoms with Crippen LogP contribution < -0.4 is 10.2 Å². The fourth-order valence-electron chi connectivity index (χ4n) is 2.11. The number of rotatable bonds is 8. The molecule has 2 rings (SSSR count). The number of methoxy groups -OCH3 is 1. The Morgan fingerprint density at radius 2 is 2.30 bits per heavy atom. The molecule has 0 saturated heterocycles. The van der Waals surface area contributed by atoms with Crippen molar-refractivity contribution >= 4 is 17.3 Å². The zero-order valence-corrected chi connectivity index (χ0v) is 11.8. The Labute approximate surface area is 118 Å². The minimum atomic E-state index is -0.375. The smallest absolute Gasteiger partial charge is 0.311 e. The van der Waals surface area contributed by atoms with Crippen LogP contribution in [0.2, 0.25) is 0 Å². The highest BCUT2D eigenvalue weighted by Crippen LogP contribution is 2.36. The van der Waals surface area contributed by atoms with Crippen molar-refractivity contribution in [1.29, 1.82) is 0 Å². The first-order valence-electron chi connectivity index (χ1n) is 6.82. The van der Waals surface area contributed by atoms with E-state index in [4.69, 9.17) is 4.74 Å². The van der Waals surface area contributed by atoms with Gasteiger partial charge in [0.2, 0.25) is 5.82 Å². The number of anilines is 2. The second-order valence-electron chi connectivity index (χ2n) is 4.74. The van der Waals surface area contributed by atoms with Gasteiger partial charge in [-0.05, 0) is 25.8 Å². The molecule has 110 valence electrons. The van der Waals surface area contributed by atoms with Gasteiger partial charge in [0.1, 0.15) is 5.82 Å². The van der Waals surface area contributed by atoms with Gasteiger partial charge in [-0.15, -0.1) is 0 Å². The third-order valence-corrected chi connectivity index (χ3v) is 3.21. The van der Waals surface area contributed by atoms with Crippen molar-refractivity contribution in [3.05, 3.63) is 22.2 Å². The SMILES string of the molecule is CCNc1ccc([N+](=O)[O-])c(N(CCOC)C2CC2)n1. The summed E-state index contributed by atoms with van der Waals surface area (Å²) in [6, 6.07) is 3.50. The lowest BCUT2D eigenvalue weighted by Crippen LogP contribution is -2.31. The van der Waals surface area contributed by atoms with Crippen LogP contribution in [0.4, 0.5) is 17.3 Å². The molecule has 1 aromatic rings. The Bertz CT molecular complexity index is 477. The van der Waals surface area contributed by atoms with Crippen molar-refractivity contribution in [3.8, 4) is 0 Å². The second-order valence-corrected chi connectivity index (χ2v) is 4.74.